The number of rotatable bonds is 5. The number of hydrogen-bond acceptors (Lipinski definition) is 4. The van der Waals surface area contributed by atoms with Crippen LogP contribution in [0.1, 0.15) is 25.7 Å². The minimum Gasteiger partial charge on any atom is -0.271 e. The van der Waals surface area contributed by atoms with Crippen molar-refractivity contribution in [3.8, 4) is 0 Å². The molecule has 8 heteroatoms. The van der Waals surface area contributed by atoms with Gasteiger partial charge in [-0.3, -0.25) is 11.3 Å². The molecular weight excluding hydrogens is 257 g/mol. The van der Waals surface area contributed by atoms with Crippen molar-refractivity contribution >= 4 is 9.84 Å². The number of sulfone groups is 1. The fraction of sp³-hybridized carbons (Fsp3) is 1.00. The molecule has 1 fully saturated rings. The molecule has 0 aromatic heterocycles. The van der Waals surface area contributed by atoms with Crippen LogP contribution in [0.15, 0.2) is 0 Å². The Kier molecular flexibility index (Phi) is 4.79. The van der Waals surface area contributed by atoms with Gasteiger partial charge in [-0.05, 0) is 25.2 Å². The van der Waals surface area contributed by atoms with Gasteiger partial charge in [0.05, 0.1) is 11.5 Å². The van der Waals surface area contributed by atoms with Gasteiger partial charge in [-0.2, -0.15) is 13.2 Å². The lowest BCUT2D eigenvalue weighted by Crippen LogP contribution is -2.37. The molecule has 17 heavy (non-hydrogen) atoms. The summed E-state index contributed by atoms with van der Waals surface area (Å²) in [6.07, 6.45) is -4.31. The molecule has 0 aliphatic carbocycles. The van der Waals surface area contributed by atoms with Gasteiger partial charge < -0.3 is 0 Å². The van der Waals surface area contributed by atoms with Crippen molar-refractivity contribution in [1.82, 2.24) is 5.43 Å². The van der Waals surface area contributed by atoms with E-state index in [2.05, 4.69) is 5.43 Å². The average molecular weight is 274 g/mol. The summed E-state index contributed by atoms with van der Waals surface area (Å²) in [7, 11) is -2.98. The highest BCUT2D eigenvalue weighted by molar-refractivity contribution is 7.91. The molecule has 1 aliphatic heterocycles. The van der Waals surface area contributed by atoms with Crippen LogP contribution >= 0.6 is 0 Å². The Morgan fingerprint density at radius 1 is 1.41 bits per heavy atom. The van der Waals surface area contributed by atoms with E-state index in [9.17, 15) is 21.6 Å². The lowest BCUT2D eigenvalue weighted by molar-refractivity contribution is -0.136. The lowest BCUT2D eigenvalue weighted by atomic mass is 9.97. The van der Waals surface area contributed by atoms with Crippen LogP contribution in [-0.2, 0) is 9.84 Å². The highest BCUT2D eigenvalue weighted by Gasteiger charge is 2.32. The zero-order valence-corrected chi connectivity index (χ0v) is 10.1. The van der Waals surface area contributed by atoms with Crippen molar-refractivity contribution in [2.45, 2.75) is 37.9 Å². The Morgan fingerprint density at radius 3 is 2.47 bits per heavy atom. The molecule has 3 N–H and O–H groups in total. The van der Waals surface area contributed by atoms with Gasteiger partial charge in [0.2, 0.25) is 0 Å². The molecule has 102 valence electrons. The van der Waals surface area contributed by atoms with E-state index in [1.165, 1.54) is 0 Å². The lowest BCUT2D eigenvalue weighted by Gasteiger charge is -2.19. The Hall–Kier alpha value is -0.340. The topological polar surface area (TPSA) is 72.2 Å². The van der Waals surface area contributed by atoms with Gasteiger partial charge in [0.15, 0.2) is 9.84 Å². The maximum atomic E-state index is 12.0. The molecule has 1 saturated heterocycles. The molecule has 1 aliphatic rings. The highest BCUT2D eigenvalue weighted by atomic mass is 32.2. The molecule has 0 amide bonds. The van der Waals surface area contributed by atoms with Crippen LogP contribution in [0.25, 0.3) is 0 Å². The van der Waals surface area contributed by atoms with Crippen molar-refractivity contribution in [2.24, 2.45) is 11.8 Å². The third-order valence-electron chi connectivity index (χ3n) is 2.96. The molecule has 0 aromatic carbocycles. The van der Waals surface area contributed by atoms with Crippen LogP contribution in [0.4, 0.5) is 13.2 Å². The van der Waals surface area contributed by atoms with Crippen LogP contribution in [0, 0.1) is 5.92 Å². The van der Waals surface area contributed by atoms with Crippen molar-refractivity contribution in [3.05, 3.63) is 0 Å². The van der Waals surface area contributed by atoms with Crippen molar-refractivity contribution < 1.29 is 21.6 Å². The second-order valence-electron chi connectivity index (χ2n) is 4.52. The minimum absolute atomic E-state index is 0.0667. The summed E-state index contributed by atoms with van der Waals surface area (Å²) < 4.78 is 58.5. The molecule has 0 bridgehead atoms. The first-order chi connectivity index (χ1) is 7.72. The summed E-state index contributed by atoms with van der Waals surface area (Å²) in [6.45, 7) is 0. The quantitative estimate of drug-likeness (QED) is 0.579. The first-order valence-electron chi connectivity index (χ1n) is 5.45. The Balaban J connectivity index is 2.38. The van der Waals surface area contributed by atoms with Crippen LogP contribution in [0.3, 0.4) is 0 Å². The monoisotopic (exact) mass is 274 g/mol. The Morgan fingerprint density at radius 2 is 2.06 bits per heavy atom. The number of alkyl halides is 3. The number of hydrogen-bond donors (Lipinski definition) is 2. The van der Waals surface area contributed by atoms with Crippen LogP contribution < -0.4 is 11.3 Å². The second-order valence-corrected chi connectivity index (χ2v) is 6.75. The molecule has 1 heterocycles. The molecule has 0 aromatic rings. The SMILES string of the molecule is NNC(CCC(F)(F)F)CC1CCS(=O)(=O)C1. The maximum Gasteiger partial charge on any atom is 0.389 e. The maximum absolute atomic E-state index is 12.0. The average Bonchev–Trinajstić information content (AvgIpc) is 2.51. The molecule has 0 saturated carbocycles. The summed E-state index contributed by atoms with van der Waals surface area (Å²) in [5, 5.41) is 0. The van der Waals surface area contributed by atoms with E-state index >= 15 is 0 Å². The molecule has 2 atom stereocenters. The number of halogens is 3. The molecule has 0 radical (unpaired) electrons. The number of hydrazine groups is 1. The van der Waals surface area contributed by atoms with Gasteiger partial charge in [-0.25, -0.2) is 8.42 Å². The van der Waals surface area contributed by atoms with E-state index in [0.29, 0.717) is 12.8 Å². The number of nitrogens with one attached hydrogen (secondary N) is 1. The van der Waals surface area contributed by atoms with Crippen molar-refractivity contribution in [1.29, 1.82) is 0 Å². The fourth-order valence-corrected chi connectivity index (χ4v) is 3.95. The van der Waals surface area contributed by atoms with E-state index in [1.54, 1.807) is 0 Å². The summed E-state index contributed by atoms with van der Waals surface area (Å²) in [6, 6.07) is -0.477. The largest absolute Gasteiger partial charge is 0.389 e. The summed E-state index contributed by atoms with van der Waals surface area (Å²) >= 11 is 0. The molecule has 4 nitrogen and oxygen atoms in total. The van der Waals surface area contributed by atoms with E-state index in [-0.39, 0.29) is 23.8 Å². The van der Waals surface area contributed by atoms with Gasteiger partial charge in [0, 0.05) is 12.5 Å². The highest BCUT2D eigenvalue weighted by Crippen LogP contribution is 2.27. The number of nitrogens with two attached hydrogens (primary N) is 1. The third-order valence-corrected chi connectivity index (χ3v) is 4.79. The zero-order chi connectivity index (χ0) is 13.1. The van der Waals surface area contributed by atoms with Crippen LogP contribution in [0.5, 0.6) is 0 Å². The van der Waals surface area contributed by atoms with Gasteiger partial charge in [-0.1, -0.05) is 0 Å². The van der Waals surface area contributed by atoms with Crippen molar-refractivity contribution in [2.75, 3.05) is 11.5 Å². The molecule has 0 spiro atoms. The van der Waals surface area contributed by atoms with E-state index in [1.807, 2.05) is 0 Å². The van der Waals surface area contributed by atoms with Gasteiger partial charge in [0.25, 0.3) is 0 Å². The predicted molar refractivity (Wildman–Crippen MR) is 57.8 cm³/mol. The first kappa shape index (κ1) is 14.7. The van der Waals surface area contributed by atoms with E-state index in [0.717, 1.165) is 0 Å². The summed E-state index contributed by atoms with van der Waals surface area (Å²) in [4.78, 5) is 0. The standard InChI is InChI=1S/C9H17F3N2O2S/c10-9(11,12)3-1-8(14-13)5-7-2-4-17(15,16)6-7/h7-8,14H,1-6,13H2. The summed E-state index contributed by atoms with van der Waals surface area (Å²) in [5.74, 6) is 5.31. The molecule has 2 unspecified atom stereocenters. The smallest absolute Gasteiger partial charge is 0.271 e. The van der Waals surface area contributed by atoms with Crippen LogP contribution in [0.2, 0.25) is 0 Å². The second kappa shape index (κ2) is 5.53. The molecular formula is C9H17F3N2O2S. The normalized spacial score (nSPS) is 26.0. The summed E-state index contributed by atoms with van der Waals surface area (Å²) in [5.41, 5.74) is 2.33. The Labute approximate surface area is 98.6 Å². The third kappa shape index (κ3) is 5.69. The molecule has 1 rings (SSSR count). The van der Waals surface area contributed by atoms with Gasteiger partial charge in [-0.15, -0.1) is 0 Å². The Bertz CT molecular complexity index is 343. The van der Waals surface area contributed by atoms with E-state index < -0.39 is 28.5 Å². The van der Waals surface area contributed by atoms with Gasteiger partial charge in [0.1, 0.15) is 0 Å². The minimum atomic E-state index is -4.20. The van der Waals surface area contributed by atoms with Crippen molar-refractivity contribution in [3.63, 3.8) is 0 Å². The predicted octanol–water partition coefficient (Wildman–Crippen LogP) is 0.986. The van der Waals surface area contributed by atoms with Crippen LogP contribution in [-0.4, -0.2) is 32.1 Å². The fourth-order valence-electron chi connectivity index (χ4n) is 2.07. The van der Waals surface area contributed by atoms with E-state index in [4.69, 9.17) is 5.84 Å². The zero-order valence-electron chi connectivity index (χ0n) is 9.33. The van der Waals surface area contributed by atoms with Gasteiger partial charge >= 0.3 is 6.18 Å². The first-order valence-corrected chi connectivity index (χ1v) is 7.27.